The maximum absolute atomic E-state index is 11.9. The number of halogens is 1. The van der Waals surface area contributed by atoms with Gasteiger partial charge in [0.1, 0.15) is 5.75 Å². The molecule has 0 unspecified atom stereocenters. The number of benzene rings is 2. The minimum absolute atomic E-state index is 0.216. The molecule has 2 aromatic rings. The van der Waals surface area contributed by atoms with Crippen molar-refractivity contribution in [1.82, 2.24) is 5.43 Å². The van der Waals surface area contributed by atoms with E-state index in [1.807, 2.05) is 12.1 Å². The first-order chi connectivity index (χ1) is 12.1. The third-order valence-electron chi connectivity index (χ3n) is 3.38. The number of amides is 1. The van der Waals surface area contributed by atoms with E-state index in [1.54, 1.807) is 31.4 Å². The molecule has 7 heteroatoms. The van der Waals surface area contributed by atoms with Crippen molar-refractivity contribution in [1.29, 1.82) is 0 Å². The summed E-state index contributed by atoms with van der Waals surface area (Å²) in [5.41, 5.74) is 4.01. The number of nitrogens with zero attached hydrogens (tertiary/aromatic N) is 1. The van der Waals surface area contributed by atoms with Crippen LogP contribution in [0.2, 0.25) is 5.02 Å². The summed E-state index contributed by atoms with van der Waals surface area (Å²) in [6.45, 7) is 0. The van der Waals surface area contributed by atoms with Gasteiger partial charge in [-0.15, -0.1) is 0 Å². The quantitative estimate of drug-likeness (QED) is 0.607. The largest absolute Gasteiger partial charge is 0.497 e. The van der Waals surface area contributed by atoms with Crippen LogP contribution in [-0.4, -0.2) is 33.5 Å². The molecule has 0 fully saturated rings. The Labute approximate surface area is 151 Å². The zero-order chi connectivity index (χ0) is 18.2. The number of carbonyl (C=O) groups excluding carboxylic acids is 1. The van der Waals surface area contributed by atoms with Gasteiger partial charge in [-0.05, 0) is 35.4 Å². The van der Waals surface area contributed by atoms with Gasteiger partial charge in [0.05, 0.1) is 39.0 Å². The standard InChI is InChI=1S/C18H19ClN2O4/c1-23-14-6-4-12(5-7-14)10-17(22)21-20-11-13-8-15(19)18(25-3)16(9-13)24-2/h4-9,11H,10H2,1-3H3,(H,21,22)/b20-11-. The average Bonchev–Trinajstić information content (AvgIpc) is 2.61. The van der Waals surface area contributed by atoms with E-state index in [-0.39, 0.29) is 12.3 Å². The number of methoxy groups -OCH3 is 3. The average molecular weight is 363 g/mol. The van der Waals surface area contributed by atoms with Gasteiger partial charge in [0.15, 0.2) is 11.5 Å². The minimum Gasteiger partial charge on any atom is -0.497 e. The number of rotatable bonds is 7. The van der Waals surface area contributed by atoms with E-state index in [9.17, 15) is 4.79 Å². The van der Waals surface area contributed by atoms with Crippen molar-refractivity contribution in [3.8, 4) is 17.2 Å². The Morgan fingerprint density at radius 2 is 1.84 bits per heavy atom. The van der Waals surface area contributed by atoms with E-state index < -0.39 is 0 Å². The summed E-state index contributed by atoms with van der Waals surface area (Å²) in [7, 11) is 4.62. The molecule has 1 N–H and O–H groups in total. The van der Waals surface area contributed by atoms with Gasteiger partial charge >= 0.3 is 0 Å². The normalized spacial score (nSPS) is 10.6. The zero-order valence-corrected chi connectivity index (χ0v) is 15.0. The summed E-state index contributed by atoms with van der Waals surface area (Å²) in [6.07, 6.45) is 1.70. The summed E-state index contributed by atoms with van der Waals surface area (Å²) in [5, 5.41) is 4.34. The molecule has 6 nitrogen and oxygen atoms in total. The van der Waals surface area contributed by atoms with Crippen LogP contribution in [0.1, 0.15) is 11.1 Å². The lowest BCUT2D eigenvalue weighted by molar-refractivity contribution is -0.120. The fraction of sp³-hybridized carbons (Fsp3) is 0.222. The fourth-order valence-corrected chi connectivity index (χ4v) is 2.46. The molecule has 1 amide bonds. The SMILES string of the molecule is COc1ccc(CC(=O)N/N=C\c2cc(Cl)c(OC)c(OC)c2)cc1. The monoisotopic (exact) mass is 362 g/mol. The predicted molar refractivity (Wildman–Crippen MR) is 97.0 cm³/mol. The lowest BCUT2D eigenvalue weighted by Crippen LogP contribution is -2.19. The molecule has 0 spiro atoms. The van der Waals surface area contributed by atoms with Crippen LogP contribution in [0.4, 0.5) is 0 Å². The minimum atomic E-state index is -0.229. The second kappa shape index (κ2) is 8.94. The topological polar surface area (TPSA) is 69.2 Å². The van der Waals surface area contributed by atoms with Gasteiger partial charge in [-0.25, -0.2) is 5.43 Å². The molecule has 132 valence electrons. The smallest absolute Gasteiger partial charge is 0.244 e. The second-order valence-corrected chi connectivity index (χ2v) is 5.46. The molecular weight excluding hydrogens is 344 g/mol. The Morgan fingerprint density at radius 1 is 1.12 bits per heavy atom. The van der Waals surface area contributed by atoms with E-state index in [0.717, 1.165) is 11.3 Å². The van der Waals surface area contributed by atoms with Crippen LogP contribution in [0.25, 0.3) is 0 Å². The lowest BCUT2D eigenvalue weighted by atomic mass is 10.1. The van der Waals surface area contributed by atoms with Gasteiger partial charge in [0.2, 0.25) is 5.91 Å². The highest BCUT2D eigenvalue weighted by molar-refractivity contribution is 6.32. The fourth-order valence-electron chi connectivity index (χ4n) is 2.16. The third kappa shape index (κ3) is 5.12. The van der Waals surface area contributed by atoms with Crippen molar-refractivity contribution in [3.63, 3.8) is 0 Å². The Hall–Kier alpha value is -2.73. The van der Waals surface area contributed by atoms with E-state index >= 15 is 0 Å². The lowest BCUT2D eigenvalue weighted by Gasteiger charge is -2.09. The molecule has 0 saturated carbocycles. The van der Waals surface area contributed by atoms with Crippen LogP contribution >= 0.6 is 11.6 Å². The Bertz CT molecular complexity index is 760. The molecule has 0 saturated heterocycles. The number of hydrogen-bond donors (Lipinski definition) is 1. The van der Waals surface area contributed by atoms with Crippen molar-refractivity contribution >= 4 is 23.7 Å². The van der Waals surface area contributed by atoms with Crippen LogP contribution in [0.5, 0.6) is 17.2 Å². The molecular formula is C18H19ClN2O4. The first kappa shape index (κ1) is 18.6. The number of hydrazone groups is 1. The first-order valence-electron chi connectivity index (χ1n) is 7.43. The van der Waals surface area contributed by atoms with Gasteiger partial charge in [-0.2, -0.15) is 5.10 Å². The highest BCUT2D eigenvalue weighted by Gasteiger charge is 2.10. The molecule has 0 heterocycles. The molecule has 0 atom stereocenters. The number of ether oxygens (including phenoxy) is 3. The van der Waals surface area contributed by atoms with Crippen LogP contribution in [0.3, 0.4) is 0 Å². The molecule has 0 aromatic heterocycles. The Kier molecular flexibility index (Phi) is 6.65. The molecule has 25 heavy (non-hydrogen) atoms. The summed E-state index contributed by atoms with van der Waals surface area (Å²) < 4.78 is 15.5. The third-order valence-corrected chi connectivity index (χ3v) is 3.66. The van der Waals surface area contributed by atoms with E-state index in [4.69, 9.17) is 25.8 Å². The molecule has 0 aliphatic heterocycles. The van der Waals surface area contributed by atoms with Gasteiger partial charge in [0, 0.05) is 0 Å². The molecule has 0 bridgehead atoms. The second-order valence-electron chi connectivity index (χ2n) is 5.06. The zero-order valence-electron chi connectivity index (χ0n) is 14.2. The van der Waals surface area contributed by atoms with Gasteiger partial charge in [0.25, 0.3) is 0 Å². The molecule has 2 aromatic carbocycles. The van der Waals surface area contributed by atoms with E-state index in [2.05, 4.69) is 10.5 Å². The highest BCUT2D eigenvalue weighted by Crippen LogP contribution is 2.35. The summed E-state index contributed by atoms with van der Waals surface area (Å²) in [5.74, 6) is 1.45. The van der Waals surface area contributed by atoms with Crippen molar-refractivity contribution in [2.24, 2.45) is 5.10 Å². The maximum atomic E-state index is 11.9. The van der Waals surface area contributed by atoms with Gasteiger partial charge in [-0.1, -0.05) is 23.7 Å². The maximum Gasteiger partial charge on any atom is 0.244 e. The number of hydrogen-bond acceptors (Lipinski definition) is 5. The van der Waals surface area contributed by atoms with Crippen molar-refractivity contribution in [2.75, 3.05) is 21.3 Å². The summed E-state index contributed by atoms with van der Waals surface area (Å²) in [6, 6.07) is 10.6. The summed E-state index contributed by atoms with van der Waals surface area (Å²) >= 11 is 6.12. The van der Waals surface area contributed by atoms with Crippen LogP contribution in [0, 0.1) is 0 Å². The van der Waals surface area contributed by atoms with E-state index in [0.29, 0.717) is 22.1 Å². The van der Waals surface area contributed by atoms with Crippen molar-refractivity contribution < 1.29 is 19.0 Å². The Morgan fingerprint density at radius 3 is 2.44 bits per heavy atom. The van der Waals surface area contributed by atoms with Crippen LogP contribution in [-0.2, 0) is 11.2 Å². The highest BCUT2D eigenvalue weighted by atomic mass is 35.5. The van der Waals surface area contributed by atoms with Crippen molar-refractivity contribution in [2.45, 2.75) is 6.42 Å². The first-order valence-corrected chi connectivity index (χ1v) is 7.81. The summed E-state index contributed by atoms with van der Waals surface area (Å²) in [4.78, 5) is 11.9. The molecule has 0 aliphatic rings. The molecule has 2 rings (SSSR count). The van der Waals surface area contributed by atoms with Gasteiger partial charge < -0.3 is 14.2 Å². The van der Waals surface area contributed by atoms with Crippen LogP contribution in [0.15, 0.2) is 41.5 Å². The number of nitrogens with one attached hydrogen (secondary N) is 1. The predicted octanol–water partition coefficient (Wildman–Crippen LogP) is 3.06. The van der Waals surface area contributed by atoms with Crippen molar-refractivity contribution in [3.05, 3.63) is 52.5 Å². The van der Waals surface area contributed by atoms with Crippen LogP contribution < -0.4 is 19.6 Å². The Balaban J connectivity index is 1.97. The number of carbonyl (C=O) groups is 1. The van der Waals surface area contributed by atoms with Gasteiger partial charge in [-0.3, -0.25) is 4.79 Å². The molecule has 0 radical (unpaired) electrons. The molecule has 0 aliphatic carbocycles. The van der Waals surface area contributed by atoms with E-state index in [1.165, 1.54) is 20.4 Å².